The fraction of sp³-hybridized carbons (Fsp3) is 0.238. The van der Waals surface area contributed by atoms with Gasteiger partial charge >= 0.3 is 0 Å². The number of para-hydroxylation sites is 2. The molecule has 0 aliphatic rings. The molecule has 0 aliphatic heterocycles. The van der Waals surface area contributed by atoms with Gasteiger partial charge in [0.2, 0.25) is 5.91 Å². The van der Waals surface area contributed by atoms with E-state index in [1.54, 1.807) is 4.68 Å². The summed E-state index contributed by atoms with van der Waals surface area (Å²) >= 11 is 6.16. The Kier molecular flexibility index (Phi) is 5.81. The van der Waals surface area contributed by atoms with Gasteiger partial charge in [0.1, 0.15) is 6.54 Å². The van der Waals surface area contributed by atoms with E-state index in [4.69, 9.17) is 11.6 Å². The van der Waals surface area contributed by atoms with Crippen molar-refractivity contribution in [2.45, 2.75) is 26.9 Å². The predicted molar refractivity (Wildman–Crippen MR) is 110 cm³/mol. The number of carbonyl (C=O) groups excluding carboxylic acids is 1. The lowest BCUT2D eigenvalue weighted by atomic mass is 10.2. The lowest BCUT2D eigenvalue weighted by molar-refractivity contribution is -0.116. The number of halogens is 1. The minimum absolute atomic E-state index is 0.121. The third kappa shape index (κ3) is 4.49. The first-order valence-electron chi connectivity index (χ1n) is 8.79. The van der Waals surface area contributed by atoms with Crippen LogP contribution in [0.15, 0.2) is 54.6 Å². The first kappa shape index (κ1) is 19.0. The van der Waals surface area contributed by atoms with Crippen LogP contribution >= 0.6 is 11.6 Å². The van der Waals surface area contributed by atoms with E-state index in [0.717, 1.165) is 29.3 Å². The van der Waals surface area contributed by atoms with Crippen molar-refractivity contribution in [3.63, 3.8) is 0 Å². The van der Waals surface area contributed by atoms with E-state index in [1.807, 2.05) is 63.4 Å². The van der Waals surface area contributed by atoms with Crippen LogP contribution in [0.5, 0.6) is 0 Å². The molecule has 6 heteroatoms. The summed E-state index contributed by atoms with van der Waals surface area (Å²) in [5.41, 5.74) is 4.46. The maximum atomic E-state index is 12.6. The molecule has 0 radical (unpaired) electrons. The Morgan fingerprint density at radius 1 is 1.11 bits per heavy atom. The Balaban J connectivity index is 1.73. The van der Waals surface area contributed by atoms with Gasteiger partial charge in [-0.05, 0) is 31.5 Å². The van der Waals surface area contributed by atoms with Crippen molar-refractivity contribution in [3.05, 3.63) is 76.6 Å². The molecule has 140 valence electrons. The van der Waals surface area contributed by atoms with Gasteiger partial charge in [0, 0.05) is 13.6 Å². The number of hydrogen-bond donors (Lipinski definition) is 1. The number of aromatic nitrogens is 2. The average molecular weight is 383 g/mol. The Bertz CT molecular complexity index is 937. The highest BCUT2D eigenvalue weighted by atomic mass is 35.5. The van der Waals surface area contributed by atoms with Gasteiger partial charge < -0.3 is 10.2 Å². The number of anilines is 2. The zero-order valence-electron chi connectivity index (χ0n) is 15.7. The van der Waals surface area contributed by atoms with Crippen LogP contribution in [0.25, 0.3) is 0 Å². The minimum Gasteiger partial charge on any atom is -0.369 e. The smallest absolute Gasteiger partial charge is 0.246 e. The molecule has 0 fully saturated rings. The predicted octanol–water partition coefficient (Wildman–Crippen LogP) is 4.43. The second-order valence-corrected chi connectivity index (χ2v) is 6.93. The van der Waals surface area contributed by atoms with Gasteiger partial charge in [0.25, 0.3) is 0 Å². The Morgan fingerprint density at radius 3 is 2.44 bits per heavy atom. The van der Waals surface area contributed by atoms with Gasteiger partial charge in [0.15, 0.2) is 0 Å². The van der Waals surface area contributed by atoms with E-state index in [2.05, 4.69) is 27.4 Å². The summed E-state index contributed by atoms with van der Waals surface area (Å²) in [5.74, 6) is -0.141. The molecule has 0 atom stereocenters. The van der Waals surface area contributed by atoms with Crippen LogP contribution in [0.4, 0.5) is 11.4 Å². The second kappa shape index (κ2) is 8.27. The normalized spacial score (nSPS) is 10.7. The van der Waals surface area contributed by atoms with Crippen molar-refractivity contribution in [3.8, 4) is 0 Å². The van der Waals surface area contributed by atoms with Crippen LogP contribution in [0.1, 0.15) is 17.0 Å². The molecule has 1 heterocycles. The monoisotopic (exact) mass is 382 g/mol. The molecule has 3 rings (SSSR count). The summed E-state index contributed by atoms with van der Waals surface area (Å²) in [7, 11) is 2.01. The van der Waals surface area contributed by atoms with E-state index < -0.39 is 0 Å². The summed E-state index contributed by atoms with van der Waals surface area (Å²) < 4.78 is 1.63. The van der Waals surface area contributed by atoms with Crippen LogP contribution < -0.4 is 10.2 Å². The highest BCUT2D eigenvalue weighted by Gasteiger charge is 2.14. The largest absolute Gasteiger partial charge is 0.369 e. The Morgan fingerprint density at radius 2 is 1.78 bits per heavy atom. The van der Waals surface area contributed by atoms with Crippen molar-refractivity contribution in [1.29, 1.82) is 0 Å². The molecule has 27 heavy (non-hydrogen) atoms. The number of benzene rings is 2. The first-order valence-corrected chi connectivity index (χ1v) is 9.17. The molecule has 1 aromatic heterocycles. The number of carbonyl (C=O) groups is 1. The zero-order chi connectivity index (χ0) is 19.4. The molecular formula is C21H23ClN4O. The third-order valence-electron chi connectivity index (χ3n) is 4.44. The van der Waals surface area contributed by atoms with Crippen molar-refractivity contribution < 1.29 is 4.79 Å². The lowest BCUT2D eigenvalue weighted by Crippen LogP contribution is -2.23. The fourth-order valence-corrected chi connectivity index (χ4v) is 3.14. The van der Waals surface area contributed by atoms with Crippen molar-refractivity contribution in [2.75, 3.05) is 17.3 Å². The van der Waals surface area contributed by atoms with E-state index in [-0.39, 0.29) is 12.5 Å². The maximum absolute atomic E-state index is 12.6. The summed E-state index contributed by atoms with van der Waals surface area (Å²) in [6.45, 7) is 4.56. The van der Waals surface area contributed by atoms with Crippen LogP contribution in [0.3, 0.4) is 0 Å². The van der Waals surface area contributed by atoms with Gasteiger partial charge in [0.05, 0.1) is 27.8 Å². The molecule has 0 saturated carbocycles. The topological polar surface area (TPSA) is 50.2 Å². The number of rotatable bonds is 6. The van der Waals surface area contributed by atoms with Crippen LogP contribution in [0, 0.1) is 13.8 Å². The SMILES string of the molecule is Cc1nn(CC(=O)Nc2ccccc2N(C)Cc2ccccc2)c(C)c1Cl. The number of nitrogens with one attached hydrogen (secondary N) is 1. The maximum Gasteiger partial charge on any atom is 0.246 e. The van der Waals surface area contributed by atoms with Gasteiger partial charge in [-0.1, -0.05) is 54.1 Å². The summed E-state index contributed by atoms with van der Waals surface area (Å²) in [6, 6.07) is 18.0. The summed E-state index contributed by atoms with van der Waals surface area (Å²) in [5, 5.41) is 7.92. The molecule has 0 spiro atoms. The Hall–Kier alpha value is -2.79. The van der Waals surface area contributed by atoms with Crippen molar-refractivity contribution in [1.82, 2.24) is 9.78 Å². The number of amides is 1. The summed E-state index contributed by atoms with van der Waals surface area (Å²) in [6.07, 6.45) is 0. The molecular weight excluding hydrogens is 360 g/mol. The molecule has 0 aliphatic carbocycles. The average Bonchev–Trinajstić information content (AvgIpc) is 2.89. The van der Waals surface area contributed by atoms with Crippen LogP contribution in [-0.4, -0.2) is 22.7 Å². The van der Waals surface area contributed by atoms with E-state index in [9.17, 15) is 4.79 Å². The van der Waals surface area contributed by atoms with Crippen molar-refractivity contribution in [2.24, 2.45) is 0 Å². The molecule has 1 amide bonds. The van der Waals surface area contributed by atoms with E-state index in [1.165, 1.54) is 5.56 Å². The standard InChI is InChI=1S/C21H23ClN4O/c1-15-21(22)16(2)26(24-15)14-20(27)23-18-11-7-8-12-19(18)25(3)13-17-9-5-4-6-10-17/h4-12H,13-14H2,1-3H3,(H,23,27). The molecule has 0 bridgehead atoms. The Labute approximate surface area is 164 Å². The van der Waals surface area contributed by atoms with Gasteiger partial charge in [-0.2, -0.15) is 5.10 Å². The molecule has 2 aromatic carbocycles. The molecule has 0 saturated heterocycles. The van der Waals surface area contributed by atoms with Gasteiger partial charge in [-0.15, -0.1) is 0 Å². The van der Waals surface area contributed by atoms with Gasteiger partial charge in [-0.3, -0.25) is 9.48 Å². The van der Waals surface area contributed by atoms with E-state index in [0.29, 0.717) is 5.02 Å². The summed E-state index contributed by atoms with van der Waals surface area (Å²) in [4.78, 5) is 14.7. The lowest BCUT2D eigenvalue weighted by Gasteiger charge is -2.23. The van der Waals surface area contributed by atoms with Crippen LogP contribution in [0.2, 0.25) is 5.02 Å². The number of aryl methyl sites for hydroxylation is 1. The third-order valence-corrected chi connectivity index (χ3v) is 4.99. The first-order chi connectivity index (χ1) is 13.0. The van der Waals surface area contributed by atoms with Crippen molar-refractivity contribution >= 4 is 28.9 Å². The highest BCUT2D eigenvalue weighted by molar-refractivity contribution is 6.31. The zero-order valence-corrected chi connectivity index (χ0v) is 16.5. The molecule has 3 aromatic rings. The van der Waals surface area contributed by atoms with Gasteiger partial charge in [-0.25, -0.2) is 0 Å². The molecule has 0 unspecified atom stereocenters. The highest BCUT2D eigenvalue weighted by Crippen LogP contribution is 2.26. The van der Waals surface area contributed by atoms with Crippen LogP contribution in [-0.2, 0) is 17.9 Å². The fourth-order valence-electron chi connectivity index (χ4n) is 3.01. The number of nitrogens with zero attached hydrogens (tertiary/aromatic N) is 3. The second-order valence-electron chi connectivity index (χ2n) is 6.55. The van der Waals surface area contributed by atoms with E-state index >= 15 is 0 Å². The quantitative estimate of drug-likeness (QED) is 0.686. The molecule has 5 nitrogen and oxygen atoms in total. The molecule has 1 N–H and O–H groups in total. The number of hydrogen-bond acceptors (Lipinski definition) is 3. The minimum atomic E-state index is -0.141.